The number of ether oxygens (including phenoxy) is 1. The zero-order valence-corrected chi connectivity index (χ0v) is 23.7. The molecule has 0 radical (unpaired) electrons. The third-order valence-corrected chi connectivity index (χ3v) is 8.02. The summed E-state index contributed by atoms with van der Waals surface area (Å²) in [7, 11) is 0. The molecule has 5 N–H and O–H groups in total. The number of rotatable bonds is 9. The molecule has 1 unspecified atom stereocenters. The average molecular weight is 618 g/mol. The van der Waals surface area contributed by atoms with Gasteiger partial charge < -0.3 is 30.5 Å². The molecule has 224 valence electrons. The van der Waals surface area contributed by atoms with Crippen LogP contribution in [0.2, 0.25) is 10.0 Å². The van der Waals surface area contributed by atoms with Gasteiger partial charge in [-0.3, -0.25) is 0 Å². The number of esters is 1. The van der Waals surface area contributed by atoms with Gasteiger partial charge in [-0.15, -0.1) is 0 Å². The van der Waals surface area contributed by atoms with Crippen LogP contribution < -0.4 is 5.32 Å². The smallest absolute Gasteiger partial charge is 0.416 e. The maximum absolute atomic E-state index is 13.7. The van der Waals surface area contributed by atoms with Crippen molar-refractivity contribution < 1.29 is 43.1 Å². The Morgan fingerprint density at radius 1 is 1.02 bits per heavy atom. The second kappa shape index (κ2) is 12.6. The first-order valence-corrected chi connectivity index (χ1v) is 14.1. The molecule has 1 aliphatic rings. The van der Waals surface area contributed by atoms with Crippen molar-refractivity contribution >= 4 is 50.7 Å². The number of nitrogens with one attached hydrogen (secondary N) is 1. The van der Waals surface area contributed by atoms with Crippen LogP contribution in [0.15, 0.2) is 36.4 Å². The quantitative estimate of drug-likeness (QED) is 0.126. The minimum atomic E-state index is -4.62. The van der Waals surface area contributed by atoms with Gasteiger partial charge in [0.2, 0.25) is 0 Å². The van der Waals surface area contributed by atoms with Crippen molar-refractivity contribution in [3.63, 3.8) is 0 Å². The highest BCUT2D eigenvalue weighted by atomic mass is 35.5. The first kappa shape index (κ1) is 31.7. The maximum atomic E-state index is 13.7. The fourth-order valence-corrected chi connectivity index (χ4v) is 5.81. The second-order valence-electron chi connectivity index (χ2n) is 10.6. The number of fused-ring (bicyclic) bond motifs is 3. The standard InChI is InChI=1S/C29H32Cl2F3NO6/c1-2-3-7-35-8-6-25(41-27(39)28(40)13-23(36)26(38)24(37)14-28)21-12-20-19(10-16(30)11-22(20)31)18-9-15(29(32,33)34)4-5-17(18)21/h4-5,9-12,23-26,35-38,40H,2-3,6-8,13-14H2,1H3/t23-,24-,25?,26?,28?/m1/s1. The van der Waals surface area contributed by atoms with E-state index < -0.39 is 60.6 Å². The van der Waals surface area contributed by atoms with E-state index in [9.17, 15) is 38.4 Å². The minimum absolute atomic E-state index is 0.186. The summed E-state index contributed by atoms with van der Waals surface area (Å²) in [5.74, 6) is -1.14. The summed E-state index contributed by atoms with van der Waals surface area (Å²) in [5.41, 5.74) is -2.82. The van der Waals surface area contributed by atoms with E-state index in [1.807, 2.05) is 6.92 Å². The fraction of sp³-hybridized carbons (Fsp3) is 0.483. The van der Waals surface area contributed by atoms with Crippen molar-refractivity contribution in [2.24, 2.45) is 0 Å². The highest BCUT2D eigenvalue weighted by molar-refractivity contribution is 6.39. The molecule has 0 aliphatic heterocycles. The summed E-state index contributed by atoms with van der Waals surface area (Å²) in [4.78, 5) is 13.3. The van der Waals surface area contributed by atoms with Gasteiger partial charge in [-0.05, 0) is 66.0 Å². The first-order valence-electron chi connectivity index (χ1n) is 13.4. The van der Waals surface area contributed by atoms with Crippen LogP contribution >= 0.6 is 23.2 Å². The van der Waals surface area contributed by atoms with E-state index in [2.05, 4.69) is 5.32 Å². The van der Waals surface area contributed by atoms with Gasteiger partial charge in [0.25, 0.3) is 0 Å². The second-order valence-corrected chi connectivity index (χ2v) is 11.4. The van der Waals surface area contributed by atoms with E-state index in [1.165, 1.54) is 18.2 Å². The zero-order chi connectivity index (χ0) is 30.1. The van der Waals surface area contributed by atoms with Gasteiger partial charge >= 0.3 is 12.1 Å². The Morgan fingerprint density at radius 2 is 1.68 bits per heavy atom. The van der Waals surface area contributed by atoms with Gasteiger partial charge in [-0.25, -0.2) is 4.79 Å². The molecule has 0 heterocycles. The lowest BCUT2D eigenvalue weighted by atomic mass is 9.79. The lowest BCUT2D eigenvalue weighted by molar-refractivity contribution is -0.197. The molecule has 0 spiro atoms. The number of carbonyl (C=O) groups is 1. The predicted octanol–water partition coefficient (Wildman–Crippen LogP) is 5.29. The van der Waals surface area contributed by atoms with Gasteiger partial charge in [0, 0.05) is 40.3 Å². The van der Waals surface area contributed by atoms with Crippen LogP contribution in [0.3, 0.4) is 0 Å². The number of alkyl halides is 3. The molecule has 1 aliphatic carbocycles. The Hall–Kier alpha value is -2.18. The molecule has 0 aromatic heterocycles. The molecule has 12 heteroatoms. The maximum Gasteiger partial charge on any atom is 0.416 e. The molecule has 4 rings (SSSR count). The molecular weight excluding hydrogens is 586 g/mol. The highest BCUT2D eigenvalue weighted by Crippen LogP contribution is 2.42. The normalized spacial score (nSPS) is 24.1. The Balaban J connectivity index is 1.83. The lowest BCUT2D eigenvalue weighted by Crippen LogP contribution is -2.56. The van der Waals surface area contributed by atoms with E-state index in [-0.39, 0.29) is 21.9 Å². The Bertz CT molecular complexity index is 1410. The van der Waals surface area contributed by atoms with Crippen LogP contribution in [0.4, 0.5) is 13.2 Å². The van der Waals surface area contributed by atoms with Crippen LogP contribution in [0, 0.1) is 0 Å². The van der Waals surface area contributed by atoms with Crippen molar-refractivity contribution in [2.75, 3.05) is 13.1 Å². The Labute approximate surface area is 244 Å². The molecule has 0 amide bonds. The van der Waals surface area contributed by atoms with Gasteiger partial charge in [-0.2, -0.15) is 13.2 Å². The van der Waals surface area contributed by atoms with E-state index in [1.54, 1.807) is 6.07 Å². The summed E-state index contributed by atoms with van der Waals surface area (Å²) in [6.45, 7) is 3.09. The summed E-state index contributed by atoms with van der Waals surface area (Å²) >= 11 is 12.7. The van der Waals surface area contributed by atoms with Gasteiger partial charge in [0.1, 0.15) is 12.2 Å². The third kappa shape index (κ3) is 6.91. The van der Waals surface area contributed by atoms with Crippen molar-refractivity contribution in [2.45, 2.75) is 75.2 Å². The van der Waals surface area contributed by atoms with Crippen LogP contribution in [0.5, 0.6) is 0 Å². The molecular formula is C29H32Cl2F3NO6. The first-order chi connectivity index (χ1) is 19.2. The molecule has 3 aromatic carbocycles. The van der Waals surface area contributed by atoms with Gasteiger partial charge in [-0.1, -0.05) is 42.6 Å². The molecule has 1 fully saturated rings. The van der Waals surface area contributed by atoms with Gasteiger partial charge in [0.15, 0.2) is 5.60 Å². The summed E-state index contributed by atoms with van der Waals surface area (Å²) in [5, 5.41) is 46.1. The predicted molar refractivity (Wildman–Crippen MR) is 150 cm³/mol. The van der Waals surface area contributed by atoms with Crippen LogP contribution in [-0.2, 0) is 15.7 Å². The number of hydrogen-bond acceptors (Lipinski definition) is 7. The molecule has 3 atom stereocenters. The van der Waals surface area contributed by atoms with E-state index in [0.29, 0.717) is 34.8 Å². The van der Waals surface area contributed by atoms with Crippen LogP contribution in [0.1, 0.15) is 56.3 Å². The van der Waals surface area contributed by atoms with Crippen molar-refractivity contribution in [1.82, 2.24) is 5.32 Å². The average Bonchev–Trinajstić information content (AvgIpc) is 2.89. The van der Waals surface area contributed by atoms with Gasteiger partial charge in [0.05, 0.1) is 17.8 Å². The van der Waals surface area contributed by atoms with E-state index >= 15 is 0 Å². The van der Waals surface area contributed by atoms with E-state index in [0.717, 1.165) is 25.0 Å². The number of carbonyl (C=O) groups excluding carboxylic acids is 1. The largest absolute Gasteiger partial charge is 0.455 e. The van der Waals surface area contributed by atoms with Crippen molar-refractivity contribution in [3.8, 4) is 0 Å². The van der Waals surface area contributed by atoms with Crippen LogP contribution in [0.25, 0.3) is 21.5 Å². The zero-order valence-electron chi connectivity index (χ0n) is 22.2. The molecule has 1 saturated carbocycles. The number of unbranched alkanes of at least 4 members (excludes halogenated alkanes) is 1. The number of benzene rings is 3. The molecule has 3 aromatic rings. The SMILES string of the molecule is CCCCNCCC(OC(=O)C1(O)C[C@@H](O)C(O)[C@H](O)C1)c1cc2c(Cl)cc(Cl)cc2c2cc(C(F)(F)F)ccc12. The lowest BCUT2D eigenvalue weighted by Gasteiger charge is -2.39. The number of aliphatic hydroxyl groups excluding tert-OH is 3. The Morgan fingerprint density at radius 3 is 2.32 bits per heavy atom. The molecule has 0 bridgehead atoms. The number of hydrogen-bond donors (Lipinski definition) is 5. The monoisotopic (exact) mass is 617 g/mol. The summed E-state index contributed by atoms with van der Waals surface area (Å²) < 4.78 is 46.9. The summed E-state index contributed by atoms with van der Waals surface area (Å²) in [6, 6.07) is 7.83. The van der Waals surface area contributed by atoms with E-state index in [4.69, 9.17) is 27.9 Å². The van der Waals surface area contributed by atoms with Crippen molar-refractivity contribution in [1.29, 1.82) is 0 Å². The minimum Gasteiger partial charge on any atom is -0.455 e. The molecule has 41 heavy (non-hydrogen) atoms. The van der Waals surface area contributed by atoms with Crippen molar-refractivity contribution in [3.05, 3.63) is 57.6 Å². The molecule has 7 nitrogen and oxygen atoms in total. The Kier molecular flexibility index (Phi) is 9.75. The molecule has 0 saturated heterocycles. The number of halogens is 5. The fourth-order valence-electron chi connectivity index (χ4n) is 5.27. The highest BCUT2D eigenvalue weighted by Gasteiger charge is 2.50. The third-order valence-electron chi connectivity index (χ3n) is 7.49. The summed E-state index contributed by atoms with van der Waals surface area (Å²) in [6.07, 6.45) is -9.46. The number of aliphatic hydroxyl groups is 4. The topological polar surface area (TPSA) is 119 Å². The van der Waals surface area contributed by atoms with Crippen LogP contribution in [-0.4, -0.2) is 63.4 Å².